The Hall–Kier alpha value is -1.14. The molecule has 26 heavy (non-hydrogen) atoms. The summed E-state index contributed by atoms with van der Waals surface area (Å²) in [6, 6.07) is -2.67. The minimum Gasteiger partial charge on any atom is -0.731 e. The van der Waals surface area contributed by atoms with Crippen molar-refractivity contribution < 1.29 is 66.4 Å². The van der Waals surface area contributed by atoms with E-state index >= 15 is 0 Å². The topological polar surface area (TPSA) is 142 Å². The number of ether oxygens (including phenoxy) is 2. The van der Waals surface area contributed by atoms with Crippen LogP contribution in [0, 0.1) is 0 Å². The van der Waals surface area contributed by atoms with Crippen LogP contribution in [-0.4, -0.2) is 59.5 Å². The third-order valence-corrected chi connectivity index (χ3v) is 3.95. The molecule has 0 aromatic rings. The van der Waals surface area contributed by atoms with Gasteiger partial charge in [0.1, 0.15) is 11.6 Å². The maximum absolute atomic E-state index is 12.0. The summed E-state index contributed by atoms with van der Waals surface area (Å²) in [5, 5.41) is 2.21. The molecule has 0 radical (unpaired) electrons. The van der Waals surface area contributed by atoms with Gasteiger partial charge < -0.3 is 19.3 Å². The summed E-state index contributed by atoms with van der Waals surface area (Å²) in [5.41, 5.74) is -0.773. The van der Waals surface area contributed by atoms with E-state index < -0.39 is 46.0 Å². The normalized spacial score (nSPS) is 20.6. The molecule has 0 bridgehead atoms. The predicted molar refractivity (Wildman–Crippen MR) is 83.9 cm³/mol. The van der Waals surface area contributed by atoms with Gasteiger partial charge in [-0.3, -0.25) is 4.79 Å². The predicted octanol–water partition coefficient (Wildman–Crippen LogP) is -2.94. The number of carbonyl (C=O) groups excluding carboxylic acids is 3. The monoisotopic (exact) mass is 400 g/mol. The molecule has 1 saturated heterocycles. The van der Waals surface area contributed by atoms with Crippen molar-refractivity contribution in [2.45, 2.75) is 52.3 Å². The van der Waals surface area contributed by atoms with E-state index in [0.29, 0.717) is 0 Å². The number of esters is 1. The maximum Gasteiger partial charge on any atom is 1.00 e. The number of amides is 2. The second-order valence-corrected chi connectivity index (χ2v) is 7.55. The first-order valence-electron chi connectivity index (χ1n) is 7.41. The van der Waals surface area contributed by atoms with Crippen molar-refractivity contribution in [3.8, 4) is 0 Å². The van der Waals surface area contributed by atoms with Crippen molar-refractivity contribution >= 4 is 28.3 Å². The molecular weight excluding hydrogens is 379 g/mol. The summed E-state index contributed by atoms with van der Waals surface area (Å²) in [6.07, 6.45) is 0.00507. The van der Waals surface area contributed by atoms with E-state index in [1.54, 1.807) is 27.7 Å². The average Bonchev–Trinajstić information content (AvgIpc) is 2.38. The van der Waals surface area contributed by atoms with Crippen LogP contribution in [0.25, 0.3) is 0 Å². The van der Waals surface area contributed by atoms with Gasteiger partial charge >= 0.3 is 41.6 Å². The number of hydrogen-bond donors (Lipinski definition) is 1. The van der Waals surface area contributed by atoms with Gasteiger partial charge in [0.2, 0.25) is 0 Å². The molecule has 1 fully saturated rings. The third kappa shape index (κ3) is 6.54. The van der Waals surface area contributed by atoms with Gasteiger partial charge in [0.05, 0.1) is 12.6 Å². The van der Waals surface area contributed by atoms with E-state index in [2.05, 4.69) is 5.32 Å². The fourth-order valence-electron chi connectivity index (χ4n) is 2.19. The van der Waals surface area contributed by atoms with E-state index in [-0.39, 0.29) is 46.0 Å². The molecule has 0 aliphatic carbocycles. The fraction of sp³-hybridized carbons (Fsp3) is 0.643. The molecule has 0 aromatic heterocycles. The molecule has 10 nitrogen and oxygen atoms in total. The average molecular weight is 400 g/mol. The number of carbonyl (C=O) groups is 3. The number of hydrogen-bond acceptors (Lipinski definition) is 8. The van der Waals surface area contributed by atoms with Gasteiger partial charge in [-0.1, -0.05) is 0 Å². The number of nitrogens with zero attached hydrogens (tertiary/aromatic N) is 1. The van der Waals surface area contributed by atoms with Gasteiger partial charge in [0, 0.05) is 6.08 Å². The molecule has 0 saturated carbocycles. The molecule has 1 aliphatic heterocycles. The summed E-state index contributed by atoms with van der Waals surface area (Å²) in [5.74, 6) is -1.87. The summed E-state index contributed by atoms with van der Waals surface area (Å²) in [6.45, 7) is 7.83. The molecule has 1 rings (SSSR count). The van der Waals surface area contributed by atoms with Crippen molar-refractivity contribution in [1.29, 1.82) is 0 Å². The number of β-lactam (4-membered cyclic amide) rings is 1. The van der Waals surface area contributed by atoms with Crippen LogP contribution in [0.5, 0.6) is 0 Å². The number of rotatable bonds is 5. The van der Waals surface area contributed by atoms with Crippen LogP contribution < -0.4 is 34.9 Å². The Morgan fingerprint density at radius 1 is 1.35 bits per heavy atom. The number of alkyl carbamates (subject to hydrolysis) is 1. The quantitative estimate of drug-likeness (QED) is 0.170. The van der Waals surface area contributed by atoms with Gasteiger partial charge in [0.15, 0.2) is 10.3 Å². The molecule has 0 unspecified atom stereocenters. The Morgan fingerprint density at radius 3 is 2.31 bits per heavy atom. The first-order chi connectivity index (χ1) is 11.3. The van der Waals surface area contributed by atoms with Crippen molar-refractivity contribution in [2.75, 3.05) is 6.61 Å². The molecule has 0 spiro atoms. The van der Waals surface area contributed by atoms with E-state index in [4.69, 9.17) is 9.47 Å². The Labute approximate surface area is 174 Å². The van der Waals surface area contributed by atoms with Crippen LogP contribution >= 0.6 is 0 Å². The second kappa shape index (κ2) is 9.18. The zero-order valence-electron chi connectivity index (χ0n) is 15.6. The molecule has 0 aromatic carbocycles. The minimum absolute atomic E-state index is 0. The van der Waals surface area contributed by atoms with Crippen LogP contribution in [-0.2, 0) is 29.4 Å². The third-order valence-electron chi connectivity index (χ3n) is 3.06. The van der Waals surface area contributed by atoms with Crippen molar-refractivity contribution in [3.05, 3.63) is 11.6 Å². The van der Waals surface area contributed by atoms with E-state index in [1.165, 1.54) is 6.92 Å². The fourth-order valence-corrected chi connectivity index (χ4v) is 3.09. The molecule has 1 heterocycles. The Kier molecular flexibility index (Phi) is 8.77. The Balaban J connectivity index is 0.00000625. The Morgan fingerprint density at radius 2 is 1.88 bits per heavy atom. The van der Waals surface area contributed by atoms with Crippen molar-refractivity contribution in [1.82, 2.24) is 9.62 Å². The molecule has 2 amide bonds. The molecule has 1 aliphatic rings. The molecular formula is C14H21N2NaO8S. The smallest absolute Gasteiger partial charge is 0.731 e. The summed E-state index contributed by atoms with van der Waals surface area (Å²) in [4.78, 5) is 35.3. The molecule has 142 valence electrons. The summed E-state index contributed by atoms with van der Waals surface area (Å²) >= 11 is 0. The minimum atomic E-state index is -5.11. The van der Waals surface area contributed by atoms with Gasteiger partial charge in [-0.15, -0.1) is 0 Å². The zero-order valence-corrected chi connectivity index (χ0v) is 18.4. The summed E-state index contributed by atoms with van der Waals surface area (Å²) in [7, 11) is -5.11. The van der Waals surface area contributed by atoms with E-state index in [0.717, 1.165) is 6.08 Å². The van der Waals surface area contributed by atoms with Gasteiger partial charge in [0.25, 0.3) is 5.91 Å². The van der Waals surface area contributed by atoms with Crippen LogP contribution in [0.1, 0.15) is 34.6 Å². The van der Waals surface area contributed by atoms with Crippen molar-refractivity contribution in [3.63, 3.8) is 0 Å². The van der Waals surface area contributed by atoms with Crippen molar-refractivity contribution in [2.24, 2.45) is 0 Å². The first-order valence-corrected chi connectivity index (χ1v) is 8.78. The Bertz CT molecular complexity index is 698. The van der Waals surface area contributed by atoms with E-state index in [1.807, 2.05) is 0 Å². The van der Waals surface area contributed by atoms with Gasteiger partial charge in [-0.25, -0.2) is 22.3 Å². The standard InChI is InChI=1S/C14H22N2O8S.Na/c1-6-23-9(17)7-8(2)11-10(12(18)16(11)25(20,21)22)15-13(19)24-14(3,4)5;/h7,10-11H,6H2,1-5H3,(H,15,19)(H,20,21,22);/q;+1/p-1/b8-7-;/t10-,11+;/m0./s1. The maximum atomic E-state index is 12.0. The van der Waals surface area contributed by atoms with E-state index in [9.17, 15) is 27.4 Å². The second-order valence-electron chi connectivity index (χ2n) is 6.30. The first kappa shape index (κ1) is 24.9. The van der Waals surface area contributed by atoms with Gasteiger partial charge in [-0.2, -0.15) is 0 Å². The zero-order chi connectivity index (χ0) is 19.6. The van der Waals surface area contributed by atoms with Crippen LogP contribution in [0.2, 0.25) is 0 Å². The van der Waals surface area contributed by atoms with Gasteiger partial charge in [-0.05, 0) is 40.2 Å². The molecule has 1 N–H and O–H groups in total. The molecule has 12 heteroatoms. The molecule has 2 atom stereocenters. The largest absolute Gasteiger partial charge is 1.00 e. The SMILES string of the molecule is CCOC(=O)/C=C(/C)[C@@H]1[C@H](NC(=O)OC(C)(C)C)C(=O)N1S(=O)(=O)[O-].[Na+]. The van der Waals surface area contributed by atoms with Crippen LogP contribution in [0.15, 0.2) is 11.6 Å². The van der Waals surface area contributed by atoms with Crippen LogP contribution in [0.3, 0.4) is 0 Å². The summed E-state index contributed by atoms with van der Waals surface area (Å²) < 4.78 is 43.6. The number of nitrogens with one attached hydrogen (secondary N) is 1. The van der Waals surface area contributed by atoms with Crippen LogP contribution in [0.4, 0.5) is 4.79 Å².